The van der Waals surface area contributed by atoms with E-state index in [1.807, 2.05) is 7.05 Å². The lowest BCUT2D eigenvalue weighted by molar-refractivity contribution is -0.385. The lowest BCUT2D eigenvalue weighted by Gasteiger charge is -2.22. The molecule has 0 bridgehead atoms. The first-order chi connectivity index (χ1) is 8.97. The van der Waals surface area contributed by atoms with Crippen molar-refractivity contribution in [1.29, 1.82) is 0 Å². The molecule has 0 aliphatic rings. The quantitative estimate of drug-likeness (QED) is 0.471. The van der Waals surface area contributed by atoms with Crippen LogP contribution >= 0.6 is 0 Å². The number of anilines is 1. The number of nitrogens with zero attached hydrogens (tertiary/aromatic N) is 2. The monoisotopic (exact) mass is 273 g/mol. The van der Waals surface area contributed by atoms with Gasteiger partial charge in [-0.2, -0.15) is 0 Å². The number of hydrogen-bond acceptors (Lipinski definition) is 4. The Morgan fingerprint density at radius 2 is 2.16 bits per heavy atom. The number of halogens is 2. The second kappa shape index (κ2) is 6.98. The van der Waals surface area contributed by atoms with Crippen LogP contribution in [-0.2, 0) is 0 Å². The van der Waals surface area contributed by atoms with Crippen LogP contribution in [0.5, 0.6) is 0 Å². The zero-order valence-corrected chi connectivity index (χ0v) is 10.9. The van der Waals surface area contributed by atoms with Crippen molar-refractivity contribution in [3.8, 4) is 0 Å². The largest absolute Gasteiger partial charge is 0.374 e. The Morgan fingerprint density at radius 3 is 2.68 bits per heavy atom. The van der Waals surface area contributed by atoms with Gasteiger partial charge in [0, 0.05) is 37.0 Å². The Kier molecular flexibility index (Phi) is 5.62. The molecule has 0 aromatic heterocycles. The summed E-state index contributed by atoms with van der Waals surface area (Å²) in [4.78, 5) is 11.6. The van der Waals surface area contributed by atoms with E-state index in [0.29, 0.717) is 12.2 Å². The van der Waals surface area contributed by atoms with Crippen LogP contribution in [0.3, 0.4) is 0 Å². The van der Waals surface area contributed by atoms with Gasteiger partial charge in [-0.15, -0.1) is 0 Å². The minimum Gasteiger partial charge on any atom is -0.374 e. The Balaban J connectivity index is 2.96. The molecule has 7 heteroatoms. The zero-order chi connectivity index (χ0) is 14.4. The van der Waals surface area contributed by atoms with Crippen LogP contribution in [0.15, 0.2) is 18.2 Å². The zero-order valence-electron chi connectivity index (χ0n) is 10.9. The summed E-state index contributed by atoms with van der Waals surface area (Å²) in [5.41, 5.74) is -0.291. The van der Waals surface area contributed by atoms with Crippen molar-refractivity contribution in [2.75, 3.05) is 32.1 Å². The standard InChI is InChI=1S/C12H17F2N3O2/c1-15-6-3-7-16(2)11-5-4-9(17(18)19)8-10(11)12(13)14/h4-5,8,12,15H,3,6-7H2,1-2H3. The van der Waals surface area contributed by atoms with Gasteiger partial charge in [0.05, 0.1) is 4.92 Å². The van der Waals surface area contributed by atoms with Crippen LogP contribution in [0.1, 0.15) is 18.4 Å². The summed E-state index contributed by atoms with van der Waals surface area (Å²) < 4.78 is 25.9. The van der Waals surface area contributed by atoms with Gasteiger partial charge in [0.2, 0.25) is 0 Å². The van der Waals surface area contributed by atoms with Crippen LogP contribution in [0.25, 0.3) is 0 Å². The number of non-ortho nitro benzene ring substituents is 1. The number of rotatable bonds is 7. The first kappa shape index (κ1) is 15.3. The predicted octanol–water partition coefficient (Wildman–Crippen LogP) is 2.58. The molecule has 1 N–H and O–H groups in total. The maximum absolute atomic E-state index is 13.0. The summed E-state index contributed by atoms with van der Waals surface area (Å²) in [5.74, 6) is 0. The van der Waals surface area contributed by atoms with Crippen molar-refractivity contribution in [2.45, 2.75) is 12.8 Å². The SMILES string of the molecule is CNCCCN(C)c1ccc([N+](=O)[O-])cc1C(F)F. The second-order valence-corrected chi connectivity index (χ2v) is 4.18. The number of nitro groups is 1. The predicted molar refractivity (Wildman–Crippen MR) is 69.9 cm³/mol. The van der Waals surface area contributed by atoms with Crippen LogP contribution in [0.4, 0.5) is 20.2 Å². The van der Waals surface area contributed by atoms with E-state index >= 15 is 0 Å². The third kappa shape index (κ3) is 4.13. The smallest absolute Gasteiger partial charge is 0.270 e. The fraction of sp³-hybridized carbons (Fsp3) is 0.500. The summed E-state index contributed by atoms with van der Waals surface area (Å²) in [6.07, 6.45) is -1.94. The van der Waals surface area contributed by atoms with Gasteiger partial charge in [-0.3, -0.25) is 10.1 Å². The molecular weight excluding hydrogens is 256 g/mol. The third-order valence-electron chi connectivity index (χ3n) is 2.79. The van der Waals surface area contributed by atoms with Gasteiger partial charge >= 0.3 is 0 Å². The summed E-state index contributed by atoms with van der Waals surface area (Å²) in [7, 11) is 3.51. The normalized spacial score (nSPS) is 10.8. The molecule has 0 aliphatic carbocycles. The highest BCUT2D eigenvalue weighted by atomic mass is 19.3. The lowest BCUT2D eigenvalue weighted by atomic mass is 10.1. The highest BCUT2D eigenvalue weighted by Crippen LogP contribution is 2.32. The second-order valence-electron chi connectivity index (χ2n) is 4.18. The fourth-order valence-electron chi connectivity index (χ4n) is 1.79. The highest BCUT2D eigenvalue weighted by Gasteiger charge is 2.19. The van der Waals surface area contributed by atoms with Crippen molar-refractivity contribution in [2.24, 2.45) is 0 Å². The molecule has 1 aromatic carbocycles. The summed E-state index contributed by atoms with van der Waals surface area (Å²) >= 11 is 0. The average Bonchev–Trinajstić information content (AvgIpc) is 2.38. The molecule has 1 aromatic rings. The van der Waals surface area contributed by atoms with E-state index < -0.39 is 11.3 Å². The maximum atomic E-state index is 13.0. The molecule has 0 saturated heterocycles. The van der Waals surface area contributed by atoms with Crippen molar-refractivity contribution in [3.63, 3.8) is 0 Å². The lowest BCUT2D eigenvalue weighted by Crippen LogP contribution is -2.23. The van der Waals surface area contributed by atoms with Gasteiger partial charge in [-0.1, -0.05) is 0 Å². The van der Waals surface area contributed by atoms with Crippen LogP contribution < -0.4 is 10.2 Å². The molecule has 5 nitrogen and oxygen atoms in total. The molecule has 19 heavy (non-hydrogen) atoms. The van der Waals surface area contributed by atoms with Crippen LogP contribution in [0.2, 0.25) is 0 Å². The molecule has 0 spiro atoms. The fourth-order valence-corrected chi connectivity index (χ4v) is 1.79. The van der Waals surface area contributed by atoms with Gasteiger partial charge in [0.25, 0.3) is 12.1 Å². The number of hydrogen-bond donors (Lipinski definition) is 1. The molecule has 106 valence electrons. The van der Waals surface area contributed by atoms with E-state index in [9.17, 15) is 18.9 Å². The Bertz CT molecular complexity index is 441. The topological polar surface area (TPSA) is 58.4 Å². The van der Waals surface area contributed by atoms with E-state index in [2.05, 4.69) is 5.32 Å². The number of benzene rings is 1. The first-order valence-electron chi connectivity index (χ1n) is 5.89. The van der Waals surface area contributed by atoms with Gasteiger partial charge in [-0.05, 0) is 26.1 Å². The highest BCUT2D eigenvalue weighted by molar-refractivity contribution is 5.58. The van der Waals surface area contributed by atoms with Gasteiger partial charge < -0.3 is 10.2 Å². The van der Waals surface area contributed by atoms with E-state index in [1.54, 1.807) is 11.9 Å². The van der Waals surface area contributed by atoms with Crippen molar-refractivity contribution in [3.05, 3.63) is 33.9 Å². The van der Waals surface area contributed by atoms with E-state index in [-0.39, 0.29) is 11.3 Å². The first-order valence-corrected chi connectivity index (χ1v) is 5.89. The summed E-state index contributed by atoms with van der Waals surface area (Å²) in [5, 5.41) is 13.6. The molecule has 0 heterocycles. The van der Waals surface area contributed by atoms with E-state index in [4.69, 9.17) is 0 Å². The Labute approximate surface area is 110 Å². The number of nitro benzene ring substituents is 1. The van der Waals surface area contributed by atoms with Gasteiger partial charge in [0.1, 0.15) is 0 Å². The number of alkyl halides is 2. The Hall–Kier alpha value is -1.76. The summed E-state index contributed by atoms with van der Waals surface area (Å²) in [6, 6.07) is 3.56. The minimum atomic E-state index is -2.73. The third-order valence-corrected chi connectivity index (χ3v) is 2.79. The van der Waals surface area contributed by atoms with E-state index in [0.717, 1.165) is 19.0 Å². The van der Waals surface area contributed by atoms with Crippen LogP contribution in [0, 0.1) is 10.1 Å². The average molecular weight is 273 g/mol. The number of nitrogens with one attached hydrogen (secondary N) is 1. The molecule has 0 fully saturated rings. The molecular formula is C12H17F2N3O2. The van der Waals surface area contributed by atoms with Gasteiger partial charge in [0.15, 0.2) is 0 Å². The van der Waals surface area contributed by atoms with Crippen LogP contribution in [-0.4, -0.2) is 32.1 Å². The molecule has 0 aliphatic heterocycles. The van der Waals surface area contributed by atoms with Crippen molar-refractivity contribution < 1.29 is 13.7 Å². The Morgan fingerprint density at radius 1 is 1.47 bits per heavy atom. The van der Waals surface area contributed by atoms with Crippen molar-refractivity contribution in [1.82, 2.24) is 5.32 Å². The molecule has 1 rings (SSSR count). The summed E-state index contributed by atoms with van der Waals surface area (Å²) in [6.45, 7) is 1.37. The molecule has 0 amide bonds. The molecule has 0 unspecified atom stereocenters. The van der Waals surface area contributed by atoms with Crippen molar-refractivity contribution >= 4 is 11.4 Å². The molecule has 0 atom stereocenters. The molecule has 0 radical (unpaired) electrons. The molecule has 0 saturated carbocycles. The minimum absolute atomic E-state index is 0.304. The van der Waals surface area contributed by atoms with E-state index in [1.165, 1.54) is 12.1 Å². The van der Waals surface area contributed by atoms with Gasteiger partial charge in [-0.25, -0.2) is 8.78 Å². The maximum Gasteiger partial charge on any atom is 0.270 e.